The largest absolute Gasteiger partial charge is 0.368 e. The van der Waals surface area contributed by atoms with Gasteiger partial charge in [-0.25, -0.2) is 0 Å². The summed E-state index contributed by atoms with van der Waals surface area (Å²) in [5.41, 5.74) is 1.28. The third-order valence-electron chi connectivity index (χ3n) is 5.86. The van der Waals surface area contributed by atoms with E-state index in [0.717, 1.165) is 50.9 Å². The van der Waals surface area contributed by atoms with Gasteiger partial charge in [-0.3, -0.25) is 0 Å². The van der Waals surface area contributed by atoms with E-state index < -0.39 is 0 Å². The molecule has 8 heteroatoms. The maximum absolute atomic E-state index is 5.29. The molecule has 1 aromatic carbocycles. The molecular formula is C22H31N7S. The molecule has 2 aromatic rings. The standard InChI is InChI=1S/C22H31N7S/c1-17-7-6-10-29(16-17)20-15-19(24-21(25-20)26-22(30)23-2)28-13-11-27(12-14-28)18-8-4-3-5-9-18/h3-5,8-9,15,17H,6-7,10-14,16H2,1-2H3,(H2,23,24,25,26,30)/t17-/m1/s1. The van der Waals surface area contributed by atoms with Crippen molar-refractivity contribution < 1.29 is 0 Å². The Morgan fingerprint density at radius 2 is 1.63 bits per heavy atom. The number of nitrogens with one attached hydrogen (secondary N) is 2. The number of nitrogens with zero attached hydrogens (tertiary/aromatic N) is 5. The number of rotatable bonds is 4. The summed E-state index contributed by atoms with van der Waals surface area (Å²) >= 11 is 5.29. The third kappa shape index (κ3) is 4.92. The first-order chi connectivity index (χ1) is 14.6. The van der Waals surface area contributed by atoms with Gasteiger partial charge in [0.25, 0.3) is 0 Å². The number of anilines is 4. The van der Waals surface area contributed by atoms with E-state index in [2.05, 4.69) is 68.7 Å². The van der Waals surface area contributed by atoms with Gasteiger partial charge in [-0.1, -0.05) is 25.1 Å². The Bertz CT molecular complexity index is 852. The van der Waals surface area contributed by atoms with E-state index in [0.29, 0.717) is 17.0 Å². The molecule has 1 atom stereocenters. The van der Waals surface area contributed by atoms with Gasteiger partial charge in [0.05, 0.1) is 0 Å². The zero-order valence-corrected chi connectivity index (χ0v) is 18.7. The van der Waals surface area contributed by atoms with Crippen molar-refractivity contribution in [1.82, 2.24) is 15.3 Å². The monoisotopic (exact) mass is 425 g/mol. The molecule has 2 aliphatic rings. The summed E-state index contributed by atoms with van der Waals surface area (Å²) in [6.07, 6.45) is 2.48. The van der Waals surface area contributed by atoms with Gasteiger partial charge >= 0.3 is 0 Å². The molecule has 2 N–H and O–H groups in total. The lowest BCUT2D eigenvalue weighted by Crippen LogP contribution is -2.47. The SMILES string of the molecule is CNC(=S)Nc1nc(N2CCN(c3ccccc3)CC2)cc(N2CCC[C@@H](C)C2)n1. The molecule has 160 valence electrons. The summed E-state index contributed by atoms with van der Waals surface area (Å²) in [5, 5.41) is 6.61. The summed E-state index contributed by atoms with van der Waals surface area (Å²) in [7, 11) is 1.80. The lowest BCUT2D eigenvalue weighted by Gasteiger charge is -2.37. The molecule has 0 radical (unpaired) electrons. The first kappa shape index (κ1) is 20.7. The predicted octanol–water partition coefficient (Wildman–Crippen LogP) is 2.96. The molecule has 0 aliphatic carbocycles. The Morgan fingerprint density at radius 1 is 0.967 bits per heavy atom. The van der Waals surface area contributed by atoms with Crippen molar-refractivity contribution in [2.75, 3.05) is 66.3 Å². The van der Waals surface area contributed by atoms with Crippen LogP contribution in [0.2, 0.25) is 0 Å². The van der Waals surface area contributed by atoms with Crippen LogP contribution in [0.25, 0.3) is 0 Å². The minimum absolute atomic E-state index is 0.527. The normalized spacial score (nSPS) is 19.5. The molecule has 1 aromatic heterocycles. The molecule has 2 fully saturated rings. The second-order valence-electron chi connectivity index (χ2n) is 8.12. The Kier molecular flexibility index (Phi) is 6.52. The fraction of sp³-hybridized carbons (Fsp3) is 0.500. The van der Waals surface area contributed by atoms with Gasteiger partial charge in [0, 0.05) is 58.1 Å². The molecule has 3 heterocycles. The van der Waals surface area contributed by atoms with Crippen LogP contribution >= 0.6 is 12.2 Å². The van der Waals surface area contributed by atoms with Gasteiger partial charge < -0.3 is 25.3 Å². The van der Waals surface area contributed by atoms with Crippen molar-refractivity contribution >= 4 is 40.6 Å². The molecule has 0 spiro atoms. The summed E-state index contributed by atoms with van der Waals surface area (Å²) < 4.78 is 0. The molecule has 0 bridgehead atoms. The average molecular weight is 426 g/mol. The second-order valence-corrected chi connectivity index (χ2v) is 8.52. The number of benzene rings is 1. The van der Waals surface area contributed by atoms with Crippen LogP contribution in [0.4, 0.5) is 23.3 Å². The Morgan fingerprint density at radius 3 is 2.30 bits per heavy atom. The van der Waals surface area contributed by atoms with Crippen LogP contribution < -0.4 is 25.3 Å². The van der Waals surface area contributed by atoms with Crippen molar-refractivity contribution in [2.45, 2.75) is 19.8 Å². The molecule has 7 nitrogen and oxygen atoms in total. The molecule has 0 amide bonds. The van der Waals surface area contributed by atoms with E-state index in [1.807, 2.05) is 0 Å². The van der Waals surface area contributed by atoms with E-state index in [9.17, 15) is 0 Å². The Hall–Kier alpha value is -2.61. The Labute approximate surface area is 184 Å². The van der Waals surface area contributed by atoms with Crippen LogP contribution in [0.15, 0.2) is 36.4 Å². The van der Waals surface area contributed by atoms with Gasteiger partial charge in [0.2, 0.25) is 5.95 Å². The maximum atomic E-state index is 5.29. The van der Waals surface area contributed by atoms with Crippen LogP contribution in [0.1, 0.15) is 19.8 Å². The van der Waals surface area contributed by atoms with E-state index in [1.165, 1.54) is 18.5 Å². The number of hydrogen-bond donors (Lipinski definition) is 2. The summed E-state index contributed by atoms with van der Waals surface area (Å²) in [6, 6.07) is 12.8. The molecule has 2 aliphatic heterocycles. The van der Waals surface area contributed by atoms with E-state index >= 15 is 0 Å². The van der Waals surface area contributed by atoms with Gasteiger partial charge in [-0.05, 0) is 43.1 Å². The van der Waals surface area contributed by atoms with Crippen LogP contribution in [-0.2, 0) is 0 Å². The van der Waals surface area contributed by atoms with Gasteiger partial charge in [-0.2, -0.15) is 9.97 Å². The topological polar surface area (TPSA) is 59.6 Å². The van der Waals surface area contributed by atoms with Gasteiger partial charge in [-0.15, -0.1) is 0 Å². The molecule has 0 saturated carbocycles. The van der Waals surface area contributed by atoms with Crippen molar-refractivity contribution in [1.29, 1.82) is 0 Å². The van der Waals surface area contributed by atoms with Gasteiger partial charge in [0.15, 0.2) is 5.11 Å². The fourth-order valence-electron chi connectivity index (χ4n) is 4.20. The average Bonchev–Trinajstić information content (AvgIpc) is 2.79. The first-order valence-electron chi connectivity index (χ1n) is 10.8. The summed E-state index contributed by atoms with van der Waals surface area (Å²) in [4.78, 5) is 16.7. The quantitative estimate of drug-likeness (QED) is 0.725. The lowest BCUT2D eigenvalue weighted by molar-refractivity contribution is 0.444. The van der Waals surface area contributed by atoms with Gasteiger partial charge in [0.1, 0.15) is 11.6 Å². The van der Waals surface area contributed by atoms with Crippen molar-refractivity contribution in [3.05, 3.63) is 36.4 Å². The highest BCUT2D eigenvalue weighted by molar-refractivity contribution is 7.80. The minimum Gasteiger partial charge on any atom is -0.368 e. The lowest BCUT2D eigenvalue weighted by atomic mass is 10.0. The van der Waals surface area contributed by atoms with Crippen LogP contribution in [0.5, 0.6) is 0 Å². The van der Waals surface area contributed by atoms with Crippen LogP contribution in [0, 0.1) is 5.92 Å². The van der Waals surface area contributed by atoms with E-state index in [-0.39, 0.29) is 0 Å². The Balaban J connectivity index is 1.53. The zero-order chi connectivity index (χ0) is 20.9. The molecular weight excluding hydrogens is 394 g/mol. The number of thiocarbonyl (C=S) groups is 1. The number of hydrogen-bond acceptors (Lipinski definition) is 6. The molecule has 0 unspecified atom stereocenters. The predicted molar refractivity (Wildman–Crippen MR) is 129 cm³/mol. The first-order valence-corrected chi connectivity index (χ1v) is 11.2. The fourth-order valence-corrected chi connectivity index (χ4v) is 4.29. The number of aromatic nitrogens is 2. The summed E-state index contributed by atoms with van der Waals surface area (Å²) in [5.74, 6) is 3.19. The van der Waals surface area contributed by atoms with Crippen LogP contribution in [-0.4, -0.2) is 61.4 Å². The zero-order valence-electron chi connectivity index (χ0n) is 17.8. The second kappa shape index (κ2) is 9.47. The van der Waals surface area contributed by atoms with E-state index in [4.69, 9.17) is 22.2 Å². The van der Waals surface area contributed by atoms with E-state index in [1.54, 1.807) is 7.05 Å². The van der Waals surface area contributed by atoms with Crippen molar-refractivity contribution in [3.8, 4) is 0 Å². The smallest absolute Gasteiger partial charge is 0.232 e. The maximum Gasteiger partial charge on any atom is 0.232 e. The highest BCUT2D eigenvalue weighted by Crippen LogP contribution is 2.27. The number of piperidine rings is 1. The minimum atomic E-state index is 0.527. The third-order valence-corrected chi connectivity index (χ3v) is 6.16. The highest BCUT2D eigenvalue weighted by Gasteiger charge is 2.23. The molecule has 4 rings (SSSR count). The summed E-state index contributed by atoms with van der Waals surface area (Å²) in [6.45, 7) is 8.19. The van der Waals surface area contributed by atoms with Crippen molar-refractivity contribution in [2.24, 2.45) is 5.92 Å². The highest BCUT2D eigenvalue weighted by atomic mass is 32.1. The number of para-hydroxylation sites is 1. The molecule has 2 saturated heterocycles. The molecule has 30 heavy (non-hydrogen) atoms. The number of piperazine rings is 1. The van der Waals surface area contributed by atoms with Crippen LogP contribution in [0.3, 0.4) is 0 Å². The van der Waals surface area contributed by atoms with Crippen molar-refractivity contribution in [3.63, 3.8) is 0 Å².